The average Bonchev–Trinajstić information content (AvgIpc) is 2.64. The average molecular weight is 288 g/mol. The van der Waals surface area contributed by atoms with Gasteiger partial charge in [-0.1, -0.05) is 30.1 Å². The molecule has 2 rings (SSSR count). The van der Waals surface area contributed by atoms with E-state index in [9.17, 15) is 0 Å². The van der Waals surface area contributed by atoms with Crippen LogP contribution in [0, 0.1) is 4.77 Å². The quantitative estimate of drug-likeness (QED) is 0.859. The molecule has 17 heavy (non-hydrogen) atoms. The Labute approximate surface area is 114 Å². The molecule has 90 valence electrons. The van der Waals surface area contributed by atoms with Crippen LogP contribution in [0.3, 0.4) is 0 Å². The molecule has 1 aromatic heterocycles. The summed E-state index contributed by atoms with van der Waals surface area (Å²) in [6.07, 6.45) is 1.81. The molecule has 0 bridgehead atoms. The van der Waals surface area contributed by atoms with Crippen LogP contribution in [0.1, 0.15) is 19.2 Å². The number of rotatable bonds is 3. The van der Waals surface area contributed by atoms with Crippen LogP contribution in [0.25, 0.3) is 5.69 Å². The highest BCUT2D eigenvalue weighted by atomic mass is 35.5. The molecule has 0 fully saturated rings. The van der Waals surface area contributed by atoms with Gasteiger partial charge in [-0.3, -0.25) is 9.67 Å². The minimum absolute atomic E-state index is 0.526. The van der Waals surface area contributed by atoms with E-state index >= 15 is 0 Å². The molecule has 1 heterocycles. The zero-order valence-corrected chi connectivity index (χ0v) is 11.5. The van der Waals surface area contributed by atoms with Crippen molar-refractivity contribution in [2.75, 3.05) is 0 Å². The number of nitrogens with zero attached hydrogens (tertiary/aromatic N) is 2. The standard InChI is InChI=1S/C11H11Cl2N3S/c1-2-3-10-14-15-11(17)16(10)9-6-7(12)4-5-8(9)13/h4-6H,2-3H2,1H3,(H,15,17). The summed E-state index contributed by atoms with van der Waals surface area (Å²) in [5, 5.41) is 8.20. The predicted molar refractivity (Wildman–Crippen MR) is 72.8 cm³/mol. The van der Waals surface area contributed by atoms with Gasteiger partial charge in [-0.2, -0.15) is 5.10 Å². The van der Waals surface area contributed by atoms with E-state index in [1.165, 1.54) is 0 Å². The van der Waals surface area contributed by atoms with E-state index in [1.54, 1.807) is 18.2 Å². The fourth-order valence-electron chi connectivity index (χ4n) is 1.63. The second-order valence-electron chi connectivity index (χ2n) is 3.63. The van der Waals surface area contributed by atoms with Crippen LogP contribution in [0.4, 0.5) is 0 Å². The van der Waals surface area contributed by atoms with Gasteiger partial charge in [0.1, 0.15) is 5.82 Å². The van der Waals surface area contributed by atoms with Gasteiger partial charge in [-0.25, -0.2) is 0 Å². The third-order valence-corrected chi connectivity index (χ3v) is 3.19. The molecule has 6 heteroatoms. The molecule has 0 aliphatic rings. The van der Waals surface area contributed by atoms with E-state index in [-0.39, 0.29) is 0 Å². The Kier molecular flexibility index (Phi) is 3.86. The lowest BCUT2D eigenvalue weighted by Gasteiger charge is -2.08. The summed E-state index contributed by atoms with van der Waals surface area (Å²) >= 11 is 17.4. The SMILES string of the molecule is CCCc1n[nH]c(=S)n1-c1cc(Cl)ccc1Cl. The molecule has 0 spiro atoms. The van der Waals surface area contributed by atoms with Gasteiger partial charge < -0.3 is 0 Å². The summed E-state index contributed by atoms with van der Waals surface area (Å²) in [6, 6.07) is 5.29. The van der Waals surface area contributed by atoms with Crippen LogP contribution in [-0.4, -0.2) is 14.8 Å². The highest BCUT2D eigenvalue weighted by Crippen LogP contribution is 2.25. The molecule has 3 nitrogen and oxygen atoms in total. The van der Waals surface area contributed by atoms with E-state index in [0.717, 1.165) is 24.4 Å². The molecule has 0 saturated heterocycles. The molecule has 0 radical (unpaired) electrons. The van der Waals surface area contributed by atoms with Crippen molar-refractivity contribution in [2.24, 2.45) is 0 Å². The second kappa shape index (κ2) is 5.21. The fourth-order valence-corrected chi connectivity index (χ4v) is 2.24. The minimum Gasteiger partial charge on any atom is -0.271 e. The van der Waals surface area contributed by atoms with Crippen LogP contribution >= 0.6 is 35.4 Å². The van der Waals surface area contributed by atoms with Gasteiger partial charge in [0.25, 0.3) is 0 Å². The van der Waals surface area contributed by atoms with Crippen LogP contribution in [0.15, 0.2) is 18.2 Å². The van der Waals surface area contributed by atoms with E-state index in [2.05, 4.69) is 17.1 Å². The Balaban J connectivity index is 2.63. The number of H-pyrrole nitrogens is 1. The molecule has 1 N–H and O–H groups in total. The maximum Gasteiger partial charge on any atom is 0.199 e. The van der Waals surface area contributed by atoms with Crippen molar-refractivity contribution in [3.05, 3.63) is 38.8 Å². The number of aryl methyl sites for hydroxylation is 1. The van der Waals surface area contributed by atoms with Crippen molar-refractivity contribution in [1.82, 2.24) is 14.8 Å². The Bertz CT molecular complexity index is 589. The van der Waals surface area contributed by atoms with Gasteiger partial charge >= 0.3 is 0 Å². The first-order chi connectivity index (χ1) is 8.13. The second-order valence-corrected chi connectivity index (χ2v) is 4.86. The van der Waals surface area contributed by atoms with Crippen molar-refractivity contribution in [1.29, 1.82) is 0 Å². The normalized spacial score (nSPS) is 10.8. The van der Waals surface area contributed by atoms with Gasteiger partial charge in [0.2, 0.25) is 0 Å². The largest absolute Gasteiger partial charge is 0.271 e. The Morgan fingerprint density at radius 3 is 2.88 bits per heavy atom. The molecule has 0 aliphatic heterocycles. The van der Waals surface area contributed by atoms with Crippen LogP contribution < -0.4 is 0 Å². The van der Waals surface area contributed by atoms with E-state index in [1.807, 2.05) is 4.57 Å². The zero-order valence-electron chi connectivity index (χ0n) is 9.20. The zero-order chi connectivity index (χ0) is 12.4. The molecule has 0 atom stereocenters. The summed E-state index contributed by atoms with van der Waals surface area (Å²) in [6.45, 7) is 2.08. The van der Waals surface area contributed by atoms with Crippen molar-refractivity contribution in [3.8, 4) is 5.69 Å². The maximum absolute atomic E-state index is 6.16. The van der Waals surface area contributed by atoms with Gasteiger partial charge in [0.05, 0.1) is 10.7 Å². The van der Waals surface area contributed by atoms with E-state index < -0.39 is 0 Å². The smallest absolute Gasteiger partial charge is 0.199 e. The molecule has 1 aromatic carbocycles. The van der Waals surface area contributed by atoms with Gasteiger partial charge in [-0.05, 0) is 36.8 Å². The molecule has 0 unspecified atom stereocenters. The maximum atomic E-state index is 6.16. The van der Waals surface area contributed by atoms with Gasteiger partial charge in [0.15, 0.2) is 4.77 Å². The van der Waals surface area contributed by atoms with Crippen LogP contribution in [0.5, 0.6) is 0 Å². The monoisotopic (exact) mass is 287 g/mol. The highest BCUT2D eigenvalue weighted by Gasteiger charge is 2.11. The number of aromatic amines is 1. The fraction of sp³-hybridized carbons (Fsp3) is 0.273. The number of hydrogen-bond donors (Lipinski definition) is 1. The molecule has 0 amide bonds. The summed E-state index contributed by atoms with van der Waals surface area (Å²) in [5.41, 5.74) is 0.765. The molecular weight excluding hydrogens is 277 g/mol. The molecule has 0 saturated carbocycles. The molecular formula is C11H11Cl2N3S. The Morgan fingerprint density at radius 1 is 1.41 bits per heavy atom. The number of halogens is 2. The number of aromatic nitrogens is 3. The van der Waals surface area contributed by atoms with E-state index in [4.69, 9.17) is 35.4 Å². The summed E-state index contributed by atoms with van der Waals surface area (Å²) in [5.74, 6) is 0.863. The summed E-state index contributed by atoms with van der Waals surface area (Å²) < 4.78 is 2.35. The topological polar surface area (TPSA) is 33.6 Å². The predicted octanol–water partition coefficient (Wildman–Crippen LogP) is 4.19. The molecule has 2 aromatic rings. The highest BCUT2D eigenvalue weighted by molar-refractivity contribution is 7.71. The summed E-state index contributed by atoms with van der Waals surface area (Å²) in [7, 11) is 0. The Hall–Kier alpha value is -0.840. The lowest BCUT2D eigenvalue weighted by atomic mass is 10.3. The lowest BCUT2D eigenvalue weighted by molar-refractivity contribution is 0.801. The third kappa shape index (κ3) is 2.54. The van der Waals surface area contributed by atoms with Gasteiger partial charge in [-0.15, -0.1) is 0 Å². The number of benzene rings is 1. The lowest BCUT2D eigenvalue weighted by Crippen LogP contribution is -2.02. The van der Waals surface area contributed by atoms with Crippen molar-refractivity contribution in [3.63, 3.8) is 0 Å². The first-order valence-electron chi connectivity index (χ1n) is 5.25. The van der Waals surface area contributed by atoms with Crippen molar-refractivity contribution < 1.29 is 0 Å². The first kappa shape index (κ1) is 12.6. The van der Waals surface area contributed by atoms with Crippen molar-refractivity contribution in [2.45, 2.75) is 19.8 Å². The van der Waals surface area contributed by atoms with Crippen LogP contribution in [0.2, 0.25) is 10.0 Å². The summed E-state index contributed by atoms with van der Waals surface area (Å²) in [4.78, 5) is 0. The van der Waals surface area contributed by atoms with E-state index in [0.29, 0.717) is 14.8 Å². The van der Waals surface area contributed by atoms with Crippen LogP contribution in [-0.2, 0) is 6.42 Å². The Morgan fingerprint density at radius 2 is 2.18 bits per heavy atom. The first-order valence-corrected chi connectivity index (χ1v) is 6.41. The third-order valence-electron chi connectivity index (χ3n) is 2.36. The molecule has 0 aliphatic carbocycles. The number of hydrogen-bond acceptors (Lipinski definition) is 2. The van der Waals surface area contributed by atoms with Crippen molar-refractivity contribution >= 4 is 35.4 Å². The minimum atomic E-state index is 0.526. The van der Waals surface area contributed by atoms with Gasteiger partial charge in [0, 0.05) is 11.4 Å². The number of nitrogens with one attached hydrogen (secondary N) is 1.